The maximum atomic E-state index is 12.3. The number of amides is 1. The molecule has 2 fully saturated rings. The number of allylic oxidation sites excluding steroid dienone is 1. The summed E-state index contributed by atoms with van der Waals surface area (Å²) in [5.41, 5.74) is 1.64. The SMILES string of the molecule is O=C(N[C@@H]1C[C@H]2CC[C@@H]1N2)C1=CC2=CCCN2C=N1. The minimum atomic E-state index is -0.0388. The fourth-order valence-electron chi connectivity index (χ4n) is 3.52. The van der Waals surface area contributed by atoms with Gasteiger partial charge in [-0.1, -0.05) is 6.08 Å². The van der Waals surface area contributed by atoms with Crippen LogP contribution in [0.25, 0.3) is 0 Å². The largest absolute Gasteiger partial charge is 0.346 e. The Kier molecular flexibility index (Phi) is 2.48. The Morgan fingerprint density at radius 2 is 2.42 bits per heavy atom. The van der Waals surface area contributed by atoms with Crippen molar-refractivity contribution in [3.63, 3.8) is 0 Å². The van der Waals surface area contributed by atoms with Gasteiger partial charge in [0, 0.05) is 30.4 Å². The molecule has 1 amide bonds. The highest BCUT2D eigenvalue weighted by atomic mass is 16.2. The van der Waals surface area contributed by atoms with Crippen molar-refractivity contribution in [2.45, 2.75) is 43.8 Å². The van der Waals surface area contributed by atoms with Crippen molar-refractivity contribution < 1.29 is 4.79 Å². The van der Waals surface area contributed by atoms with Gasteiger partial charge in [-0.25, -0.2) is 4.99 Å². The molecular weight excluding hydrogens is 240 g/mol. The predicted molar refractivity (Wildman–Crippen MR) is 72.5 cm³/mol. The van der Waals surface area contributed by atoms with Crippen LogP contribution in [-0.2, 0) is 4.79 Å². The Bertz CT molecular complexity index is 508. The van der Waals surface area contributed by atoms with E-state index in [0.717, 1.165) is 25.1 Å². The van der Waals surface area contributed by atoms with Crippen LogP contribution in [0.2, 0.25) is 0 Å². The van der Waals surface area contributed by atoms with Crippen molar-refractivity contribution in [1.29, 1.82) is 0 Å². The highest BCUT2D eigenvalue weighted by Crippen LogP contribution is 2.28. The molecule has 2 bridgehead atoms. The van der Waals surface area contributed by atoms with Crippen LogP contribution in [0.4, 0.5) is 0 Å². The van der Waals surface area contributed by atoms with E-state index in [0.29, 0.717) is 17.8 Å². The van der Waals surface area contributed by atoms with Gasteiger partial charge in [-0.2, -0.15) is 0 Å². The molecular formula is C14H18N4O. The van der Waals surface area contributed by atoms with E-state index >= 15 is 0 Å². The number of hydrogen-bond donors (Lipinski definition) is 2. The lowest BCUT2D eigenvalue weighted by molar-refractivity contribution is -0.118. The molecule has 4 aliphatic heterocycles. The fraction of sp³-hybridized carbons (Fsp3) is 0.571. The molecule has 0 radical (unpaired) electrons. The standard InChI is InChI=1S/C14H18N4O/c19-14(17-12-6-9-3-4-11(12)16-9)13-7-10-2-1-5-18(10)8-15-13/h2,7-9,11-12,16H,1,3-6H2,(H,17,19)/t9-,11+,12-/m1/s1. The lowest BCUT2D eigenvalue weighted by Gasteiger charge is -2.23. The van der Waals surface area contributed by atoms with E-state index in [1.54, 1.807) is 6.34 Å². The Balaban J connectivity index is 1.45. The van der Waals surface area contributed by atoms with Gasteiger partial charge in [0.2, 0.25) is 0 Å². The van der Waals surface area contributed by atoms with Crippen molar-refractivity contribution in [2.24, 2.45) is 4.99 Å². The zero-order valence-electron chi connectivity index (χ0n) is 10.8. The Morgan fingerprint density at radius 3 is 3.21 bits per heavy atom. The topological polar surface area (TPSA) is 56.7 Å². The maximum absolute atomic E-state index is 12.3. The van der Waals surface area contributed by atoms with E-state index in [1.807, 2.05) is 6.08 Å². The van der Waals surface area contributed by atoms with Gasteiger partial charge in [0.25, 0.3) is 5.91 Å². The smallest absolute Gasteiger partial charge is 0.270 e. The van der Waals surface area contributed by atoms with Crippen LogP contribution in [-0.4, -0.2) is 41.8 Å². The first-order valence-electron chi connectivity index (χ1n) is 7.09. The number of aliphatic imine (C=N–C) groups is 1. The molecule has 0 unspecified atom stereocenters. The van der Waals surface area contributed by atoms with Gasteiger partial charge in [-0.3, -0.25) is 4.79 Å². The molecule has 3 atom stereocenters. The van der Waals surface area contributed by atoms with E-state index in [-0.39, 0.29) is 11.9 Å². The summed E-state index contributed by atoms with van der Waals surface area (Å²) in [5, 5.41) is 6.66. The number of nitrogens with zero attached hydrogens (tertiary/aromatic N) is 2. The summed E-state index contributed by atoms with van der Waals surface area (Å²) >= 11 is 0. The third-order valence-electron chi connectivity index (χ3n) is 4.53. The monoisotopic (exact) mass is 258 g/mol. The fourth-order valence-corrected chi connectivity index (χ4v) is 3.52. The second-order valence-corrected chi connectivity index (χ2v) is 5.75. The van der Waals surface area contributed by atoms with Gasteiger partial charge in [0.1, 0.15) is 5.70 Å². The molecule has 0 aliphatic carbocycles. The van der Waals surface area contributed by atoms with Crippen LogP contribution in [0.1, 0.15) is 25.7 Å². The lowest BCUT2D eigenvalue weighted by atomic mass is 9.95. The summed E-state index contributed by atoms with van der Waals surface area (Å²) in [6.07, 6.45) is 10.3. The van der Waals surface area contributed by atoms with E-state index in [2.05, 4.69) is 26.6 Å². The lowest BCUT2D eigenvalue weighted by Crippen LogP contribution is -2.43. The third kappa shape index (κ3) is 1.89. The van der Waals surface area contributed by atoms with Crippen LogP contribution in [0.15, 0.2) is 28.5 Å². The summed E-state index contributed by atoms with van der Waals surface area (Å²) in [7, 11) is 0. The third-order valence-corrected chi connectivity index (χ3v) is 4.53. The van der Waals surface area contributed by atoms with Gasteiger partial charge in [0.05, 0.1) is 6.34 Å². The van der Waals surface area contributed by atoms with Crippen molar-refractivity contribution in [3.05, 3.63) is 23.5 Å². The van der Waals surface area contributed by atoms with Crippen molar-refractivity contribution in [1.82, 2.24) is 15.5 Å². The van der Waals surface area contributed by atoms with E-state index in [4.69, 9.17) is 0 Å². The van der Waals surface area contributed by atoms with Crippen LogP contribution < -0.4 is 10.6 Å². The Hall–Kier alpha value is -1.62. The van der Waals surface area contributed by atoms with Gasteiger partial charge < -0.3 is 15.5 Å². The molecule has 5 heteroatoms. The molecule has 4 aliphatic rings. The van der Waals surface area contributed by atoms with Crippen molar-refractivity contribution in [3.8, 4) is 0 Å². The molecule has 19 heavy (non-hydrogen) atoms. The molecule has 0 spiro atoms. The number of hydrogen-bond acceptors (Lipinski definition) is 4. The molecule has 4 heterocycles. The summed E-state index contributed by atoms with van der Waals surface area (Å²) in [6.45, 7) is 0.973. The van der Waals surface area contributed by atoms with Gasteiger partial charge in [-0.05, 0) is 31.8 Å². The maximum Gasteiger partial charge on any atom is 0.270 e. The minimum Gasteiger partial charge on any atom is -0.346 e. The second kappa shape index (κ2) is 4.20. The molecule has 0 aromatic rings. The minimum absolute atomic E-state index is 0.0388. The molecule has 0 saturated carbocycles. The molecule has 2 N–H and O–H groups in total. The normalized spacial score (nSPS) is 35.2. The van der Waals surface area contributed by atoms with Crippen LogP contribution in [0.3, 0.4) is 0 Å². The second-order valence-electron chi connectivity index (χ2n) is 5.75. The highest BCUT2D eigenvalue weighted by Gasteiger charge is 2.40. The first-order valence-corrected chi connectivity index (χ1v) is 7.09. The molecule has 0 aromatic carbocycles. The summed E-state index contributed by atoms with van der Waals surface area (Å²) in [6, 6.07) is 1.34. The summed E-state index contributed by atoms with van der Waals surface area (Å²) in [5.74, 6) is -0.0388. The number of rotatable bonds is 2. The van der Waals surface area contributed by atoms with E-state index < -0.39 is 0 Å². The van der Waals surface area contributed by atoms with Crippen LogP contribution in [0.5, 0.6) is 0 Å². The first kappa shape index (κ1) is 11.2. The molecule has 4 rings (SSSR count). The molecule has 5 nitrogen and oxygen atoms in total. The Labute approximate surface area is 112 Å². The number of carbonyl (C=O) groups excluding carboxylic acids is 1. The van der Waals surface area contributed by atoms with E-state index in [1.165, 1.54) is 12.8 Å². The first-order chi connectivity index (χ1) is 9.29. The number of nitrogens with one attached hydrogen (secondary N) is 2. The molecule has 2 saturated heterocycles. The van der Waals surface area contributed by atoms with Crippen molar-refractivity contribution >= 4 is 12.2 Å². The average molecular weight is 258 g/mol. The molecule has 0 aromatic heterocycles. The summed E-state index contributed by atoms with van der Waals surface area (Å²) in [4.78, 5) is 18.6. The van der Waals surface area contributed by atoms with Gasteiger partial charge >= 0.3 is 0 Å². The average Bonchev–Trinajstić information content (AvgIpc) is 3.13. The Morgan fingerprint density at radius 1 is 1.47 bits per heavy atom. The van der Waals surface area contributed by atoms with Crippen molar-refractivity contribution in [2.75, 3.05) is 6.54 Å². The zero-order chi connectivity index (χ0) is 12.8. The molecule has 100 valence electrons. The van der Waals surface area contributed by atoms with Gasteiger partial charge in [0.15, 0.2) is 0 Å². The van der Waals surface area contributed by atoms with Crippen LogP contribution >= 0.6 is 0 Å². The van der Waals surface area contributed by atoms with Crippen LogP contribution in [0, 0.1) is 0 Å². The number of fused-ring (bicyclic) bond motifs is 3. The van der Waals surface area contributed by atoms with E-state index in [9.17, 15) is 4.79 Å². The number of carbonyl (C=O) groups is 1. The summed E-state index contributed by atoms with van der Waals surface area (Å²) < 4.78 is 0. The predicted octanol–water partition coefficient (Wildman–Crippen LogP) is 0.511. The zero-order valence-corrected chi connectivity index (χ0v) is 10.8. The highest BCUT2D eigenvalue weighted by molar-refractivity contribution is 5.96. The quantitative estimate of drug-likeness (QED) is 0.759. The van der Waals surface area contributed by atoms with Gasteiger partial charge in [-0.15, -0.1) is 0 Å².